The van der Waals surface area contributed by atoms with Crippen LogP contribution in [-0.2, 0) is 0 Å². The van der Waals surface area contributed by atoms with Gasteiger partial charge in [-0.25, -0.2) is 0 Å². The molecule has 0 aliphatic rings. The number of hydrogen-bond donors (Lipinski definition) is 2. The van der Waals surface area contributed by atoms with E-state index in [1.165, 1.54) is 0 Å². The van der Waals surface area contributed by atoms with E-state index >= 15 is 0 Å². The fourth-order valence-corrected chi connectivity index (χ4v) is 0.114. The van der Waals surface area contributed by atoms with Crippen LogP contribution in [-0.4, -0.2) is 0 Å². The van der Waals surface area contributed by atoms with E-state index in [9.17, 15) is 0 Å². The van der Waals surface area contributed by atoms with E-state index in [0.29, 0.717) is 5.70 Å². The summed E-state index contributed by atoms with van der Waals surface area (Å²) in [4.78, 5) is 0. The summed E-state index contributed by atoms with van der Waals surface area (Å²) in [5.41, 5.74) is 3.15. The minimum atomic E-state index is 0.717. The van der Waals surface area contributed by atoms with Crippen molar-refractivity contribution in [2.45, 2.75) is 6.92 Å². The zero-order valence-corrected chi connectivity index (χ0v) is 4.18. The third kappa shape index (κ3) is 4.94. The maximum absolute atomic E-state index is 4.63. The van der Waals surface area contributed by atoms with Crippen molar-refractivity contribution < 1.29 is 0 Å². The van der Waals surface area contributed by atoms with E-state index in [1.807, 2.05) is 0 Å². The van der Waals surface area contributed by atoms with Crippen LogP contribution in [0.3, 0.4) is 0 Å². The fourth-order valence-electron chi connectivity index (χ4n) is 0.114. The molecule has 0 rings (SSSR count). The molecule has 4 nitrogen and oxygen atoms in total. The first kappa shape index (κ1) is 5.94. The SMILES string of the molecule is C=C(C)NN=NN. The standard InChI is InChI=1S/C3H8N4/c1-3(2)5-7-6-4/h1H2,2H3,(H2,4,7)(H,5,6). The van der Waals surface area contributed by atoms with Crippen LogP contribution in [0.25, 0.3) is 0 Å². The van der Waals surface area contributed by atoms with Crippen molar-refractivity contribution in [3.8, 4) is 0 Å². The Hall–Kier alpha value is -1.06. The summed E-state index contributed by atoms with van der Waals surface area (Å²) in [5.74, 6) is 4.63. The Morgan fingerprint density at radius 3 is 2.57 bits per heavy atom. The molecule has 0 heterocycles. The number of rotatable bonds is 2. The largest absolute Gasteiger partial charge is 0.303 e. The second kappa shape index (κ2) is 3.14. The van der Waals surface area contributed by atoms with Gasteiger partial charge in [0.25, 0.3) is 0 Å². The van der Waals surface area contributed by atoms with Crippen molar-refractivity contribution in [2.75, 3.05) is 0 Å². The average molecular weight is 100 g/mol. The van der Waals surface area contributed by atoms with Gasteiger partial charge in [-0.15, -0.1) is 0 Å². The van der Waals surface area contributed by atoms with E-state index in [4.69, 9.17) is 0 Å². The molecular weight excluding hydrogens is 92.1 g/mol. The fraction of sp³-hybridized carbons (Fsp3) is 0.333. The molecule has 0 radical (unpaired) electrons. The van der Waals surface area contributed by atoms with Crippen molar-refractivity contribution in [2.24, 2.45) is 16.3 Å². The zero-order valence-electron chi connectivity index (χ0n) is 4.18. The van der Waals surface area contributed by atoms with Crippen LogP contribution in [0.2, 0.25) is 0 Å². The van der Waals surface area contributed by atoms with Gasteiger partial charge < -0.3 is 5.84 Å². The van der Waals surface area contributed by atoms with E-state index < -0.39 is 0 Å². The molecule has 0 saturated carbocycles. The van der Waals surface area contributed by atoms with E-state index in [-0.39, 0.29) is 0 Å². The number of nitrogens with one attached hydrogen (secondary N) is 1. The quantitative estimate of drug-likeness (QED) is 0.299. The molecule has 0 unspecified atom stereocenters. The Balaban J connectivity index is 3.14. The van der Waals surface area contributed by atoms with Gasteiger partial charge in [0.2, 0.25) is 0 Å². The van der Waals surface area contributed by atoms with Gasteiger partial charge in [-0.05, 0) is 6.92 Å². The first-order chi connectivity index (χ1) is 3.27. The second-order valence-corrected chi connectivity index (χ2v) is 1.11. The summed E-state index contributed by atoms with van der Waals surface area (Å²) in [6.45, 7) is 5.23. The highest BCUT2D eigenvalue weighted by Crippen LogP contribution is 1.74. The minimum absolute atomic E-state index is 0.717. The molecule has 0 atom stereocenters. The van der Waals surface area contributed by atoms with Gasteiger partial charge in [-0.1, -0.05) is 17.0 Å². The zero-order chi connectivity index (χ0) is 5.70. The maximum atomic E-state index is 4.63. The first-order valence-corrected chi connectivity index (χ1v) is 1.79. The summed E-state index contributed by atoms with van der Waals surface area (Å²) in [5, 5.41) is 6.15. The smallest absolute Gasteiger partial charge is 0.0251 e. The van der Waals surface area contributed by atoms with Crippen molar-refractivity contribution in [1.82, 2.24) is 5.43 Å². The van der Waals surface area contributed by atoms with E-state index in [0.717, 1.165) is 0 Å². The molecule has 0 spiro atoms. The highest BCUT2D eigenvalue weighted by molar-refractivity contribution is 4.80. The Morgan fingerprint density at radius 2 is 2.43 bits per heavy atom. The lowest BCUT2D eigenvalue weighted by Crippen LogP contribution is -1.98. The molecule has 0 saturated heterocycles. The molecule has 0 aromatic carbocycles. The molecule has 4 heteroatoms. The molecule has 0 aromatic heterocycles. The van der Waals surface area contributed by atoms with Gasteiger partial charge in [-0.2, -0.15) is 0 Å². The maximum Gasteiger partial charge on any atom is 0.0251 e. The van der Waals surface area contributed by atoms with Crippen LogP contribution in [0, 0.1) is 0 Å². The van der Waals surface area contributed by atoms with Gasteiger partial charge in [-0.3, -0.25) is 5.43 Å². The van der Waals surface area contributed by atoms with Crippen molar-refractivity contribution in [3.05, 3.63) is 12.3 Å². The van der Waals surface area contributed by atoms with Gasteiger partial charge in [0, 0.05) is 5.70 Å². The Kier molecular flexibility index (Phi) is 2.67. The Morgan fingerprint density at radius 1 is 1.86 bits per heavy atom. The van der Waals surface area contributed by atoms with Crippen LogP contribution >= 0.6 is 0 Å². The molecule has 0 aromatic rings. The van der Waals surface area contributed by atoms with Gasteiger partial charge in [0.15, 0.2) is 0 Å². The summed E-state index contributed by atoms with van der Waals surface area (Å²) < 4.78 is 0. The lowest BCUT2D eigenvalue weighted by molar-refractivity contribution is 0.782. The minimum Gasteiger partial charge on any atom is -0.303 e. The monoisotopic (exact) mass is 100 g/mol. The third-order valence-corrected chi connectivity index (χ3v) is 0.299. The lowest BCUT2D eigenvalue weighted by Gasteiger charge is -1.88. The molecule has 0 aliphatic carbocycles. The second-order valence-electron chi connectivity index (χ2n) is 1.11. The highest BCUT2D eigenvalue weighted by Gasteiger charge is 1.70. The topological polar surface area (TPSA) is 62.8 Å². The average Bonchev–Trinajstić information content (AvgIpc) is 1.61. The normalized spacial score (nSPS) is 9.29. The molecule has 0 aliphatic heterocycles. The van der Waals surface area contributed by atoms with Gasteiger partial charge in [0.1, 0.15) is 0 Å². The van der Waals surface area contributed by atoms with Crippen LogP contribution in [0.15, 0.2) is 22.7 Å². The number of hydrogen-bond acceptors (Lipinski definition) is 2. The number of allylic oxidation sites excluding steroid dienone is 1. The molecule has 40 valence electrons. The number of nitrogens with zero attached hydrogens (tertiary/aromatic N) is 2. The molecule has 0 amide bonds. The summed E-state index contributed by atoms with van der Waals surface area (Å²) in [6.07, 6.45) is 0. The predicted octanol–water partition coefficient (Wildman–Crippen LogP) is 0.351. The molecule has 0 fully saturated rings. The van der Waals surface area contributed by atoms with Crippen LogP contribution in [0.4, 0.5) is 0 Å². The molecular formula is C3H8N4. The van der Waals surface area contributed by atoms with Crippen molar-refractivity contribution in [1.29, 1.82) is 0 Å². The van der Waals surface area contributed by atoms with Crippen molar-refractivity contribution >= 4 is 0 Å². The Labute approximate surface area is 42.1 Å². The molecule has 3 N–H and O–H groups in total. The predicted molar refractivity (Wildman–Crippen MR) is 27.0 cm³/mol. The number of nitrogens with two attached hydrogens (primary N) is 1. The van der Waals surface area contributed by atoms with Crippen LogP contribution < -0.4 is 11.3 Å². The third-order valence-electron chi connectivity index (χ3n) is 0.299. The highest BCUT2D eigenvalue weighted by atomic mass is 15.5. The first-order valence-electron chi connectivity index (χ1n) is 1.79. The molecule has 7 heavy (non-hydrogen) atoms. The summed E-state index contributed by atoms with van der Waals surface area (Å²) in [6, 6.07) is 0. The van der Waals surface area contributed by atoms with Gasteiger partial charge in [0.05, 0.1) is 0 Å². The summed E-state index contributed by atoms with van der Waals surface area (Å²) in [7, 11) is 0. The van der Waals surface area contributed by atoms with Crippen LogP contribution in [0.1, 0.15) is 6.92 Å². The van der Waals surface area contributed by atoms with Gasteiger partial charge >= 0.3 is 0 Å². The molecule has 0 bridgehead atoms. The lowest BCUT2D eigenvalue weighted by atomic mass is 10.6. The summed E-state index contributed by atoms with van der Waals surface area (Å²) >= 11 is 0. The van der Waals surface area contributed by atoms with Crippen LogP contribution in [0.5, 0.6) is 0 Å². The van der Waals surface area contributed by atoms with Crippen molar-refractivity contribution in [3.63, 3.8) is 0 Å². The Bertz CT molecular complexity index is 84.9. The van der Waals surface area contributed by atoms with E-state index in [2.05, 4.69) is 28.3 Å². The van der Waals surface area contributed by atoms with E-state index in [1.54, 1.807) is 6.92 Å².